The summed E-state index contributed by atoms with van der Waals surface area (Å²) in [4.78, 5) is 10.7. The van der Waals surface area contributed by atoms with E-state index in [1.807, 2.05) is 6.20 Å². The molecule has 7 heteroatoms. The van der Waals surface area contributed by atoms with Crippen molar-refractivity contribution >= 4 is 23.2 Å². The van der Waals surface area contributed by atoms with Crippen LogP contribution >= 0.6 is 11.7 Å². The zero-order valence-corrected chi connectivity index (χ0v) is 11.9. The molecule has 1 aromatic heterocycles. The predicted octanol–water partition coefficient (Wildman–Crippen LogP) is 1.17. The molecule has 1 amide bonds. The molecule has 1 aromatic rings. The van der Waals surface area contributed by atoms with Crippen LogP contribution in [0.3, 0.4) is 0 Å². The monoisotopic (exact) mass is 282 g/mol. The Morgan fingerprint density at radius 2 is 2.47 bits per heavy atom. The SMILES string of the molecule is CC(=O)NCCOc1nsnc1C1=CNC(C)CC1. The number of ether oxygens (including phenoxy) is 1. The molecule has 1 aliphatic heterocycles. The Bertz CT molecular complexity index is 472. The normalized spacial score (nSPS) is 18.4. The number of aromatic nitrogens is 2. The summed E-state index contributed by atoms with van der Waals surface area (Å²) in [5, 5.41) is 5.97. The van der Waals surface area contributed by atoms with Crippen molar-refractivity contribution in [1.29, 1.82) is 0 Å². The van der Waals surface area contributed by atoms with Gasteiger partial charge in [0.25, 0.3) is 5.88 Å². The van der Waals surface area contributed by atoms with Crippen LogP contribution in [-0.2, 0) is 4.79 Å². The van der Waals surface area contributed by atoms with Gasteiger partial charge in [-0.15, -0.1) is 4.37 Å². The average Bonchev–Trinajstić information content (AvgIpc) is 2.84. The molecule has 0 aliphatic carbocycles. The highest BCUT2D eigenvalue weighted by Crippen LogP contribution is 2.29. The van der Waals surface area contributed by atoms with Gasteiger partial charge in [-0.25, -0.2) is 0 Å². The fraction of sp³-hybridized carbons (Fsp3) is 0.583. The number of allylic oxidation sites excluding steroid dienone is 1. The van der Waals surface area contributed by atoms with Crippen molar-refractivity contribution in [2.75, 3.05) is 13.2 Å². The maximum atomic E-state index is 10.7. The van der Waals surface area contributed by atoms with Gasteiger partial charge in [0.1, 0.15) is 12.3 Å². The molecular weight excluding hydrogens is 264 g/mol. The molecule has 0 spiro atoms. The summed E-state index contributed by atoms with van der Waals surface area (Å²) in [6, 6.07) is 0.500. The Hall–Kier alpha value is -1.63. The summed E-state index contributed by atoms with van der Waals surface area (Å²) in [5.74, 6) is 0.492. The first kappa shape index (κ1) is 13.8. The molecule has 0 saturated carbocycles. The summed E-state index contributed by atoms with van der Waals surface area (Å²) in [5.41, 5.74) is 1.94. The standard InChI is InChI=1S/C12H18N4O2S/c1-8-3-4-10(7-14-8)11-12(16-19-15-11)18-6-5-13-9(2)17/h7-8,14H,3-6H2,1-2H3,(H,13,17). The van der Waals surface area contributed by atoms with Crippen molar-refractivity contribution in [3.63, 3.8) is 0 Å². The number of hydrogen-bond acceptors (Lipinski definition) is 6. The second kappa shape index (κ2) is 6.51. The van der Waals surface area contributed by atoms with E-state index in [9.17, 15) is 4.79 Å². The van der Waals surface area contributed by atoms with E-state index in [1.165, 1.54) is 6.92 Å². The van der Waals surface area contributed by atoms with E-state index in [0.29, 0.717) is 25.1 Å². The molecule has 2 rings (SSSR count). The molecule has 19 heavy (non-hydrogen) atoms. The number of nitrogens with zero attached hydrogens (tertiary/aromatic N) is 2. The fourth-order valence-corrected chi connectivity index (χ4v) is 2.33. The predicted molar refractivity (Wildman–Crippen MR) is 73.9 cm³/mol. The number of carbonyl (C=O) groups excluding carboxylic acids is 1. The number of carbonyl (C=O) groups is 1. The lowest BCUT2D eigenvalue weighted by Crippen LogP contribution is -2.26. The zero-order valence-electron chi connectivity index (χ0n) is 11.1. The molecule has 2 N–H and O–H groups in total. The lowest BCUT2D eigenvalue weighted by atomic mass is 10.0. The van der Waals surface area contributed by atoms with Crippen LogP contribution in [0.15, 0.2) is 6.20 Å². The van der Waals surface area contributed by atoms with Gasteiger partial charge in [0, 0.05) is 24.7 Å². The van der Waals surface area contributed by atoms with Crippen LogP contribution in [0.1, 0.15) is 32.4 Å². The molecule has 0 bridgehead atoms. The molecule has 6 nitrogen and oxygen atoms in total. The van der Waals surface area contributed by atoms with Gasteiger partial charge in [-0.05, 0) is 19.8 Å². The fourth-order valence-electron chi connectivity index (χ4n) is 1.80. The topological polar surface area (TPSA) is 76.1 Å². The van der Waals surface area contributed by atoms with Gasteiger partial charge in [-0.2, -0.15) is 4.37 Å². The molecule has 0 saturated heterocycles. The second-order valence-electron chi connectivity index (χ2n) is 4.53. The highest BCUT2D eigenvalue weighted by Gasteiger charge is 2.18. The molecular formula is C12H18N4O2S. The third kappa shape index (κ3) is 3.92. The molecule has 1 unspecified atom stereocenters. The molecule has 1 aliphatic rings. The lowest BCUT2D eigenvalue weighted by Gasteiger charge is -2.19. The van der Waals surface area contributed by atoms with E-state index in [-0.39, 0.29) is 5.91 Å². The van der Waals surface area contributed by atoms with E-state index in [4.69, 9.17) is 4.74 Å². The van der Waals surface area contributed by atoms with E-state index >= 15 is 0 Å². The molecule has 0 fully saturated rings. The minimum atomic E-state index is -0.0617. The van der Waals surface area contributed by atoms with Crippen molar-refractivity contribution in [2.45, 2.75) is 32.7 Å². The summed E-state index contributed by atoms with van der Waals surface area (Å²) in [6.07, 6.45) is 4.04. The number of rotatable bonds is 5. The van der Waals surface area contributed by atoms with Gasteiger partial charge in [0.2, 0.25) is 5.91 Å². The molecule has 2 heterocycles. The largest absolute Gasteiger partial charge is 0.474 e. The van der Waals surface area contributed by atoms with E-state index in [2.05, 4.69) is 26.3 Å². The van der Waals surface area contributed by atoms with E-state index in [0.717, 1.165) is 35.8 Å². The third-order valence-corrected chi connectivity index (χ3v) is 3.38. The van der Waals surface area contributed by atoms with Crippen LogP contribution in [0.2, 0.25) is 0 Å². The van der Waals surface area contributed by atoms with E-state index < -0.39 is 0 Å². The van der Waals surface area contributed by atoms with Crippen LogP contribution in [0, 0.1) is 0 Å². The summed E-state index contributed by atoms with van der Waals surface area (Å²) >= 11 is 1.14. The Morgan fingerprint density at radius 3 is 3.16 bits per heavy atom. The minimum Gasteiger partial charge on any atom is -0.474 e. The van der Waals surface area contributed by atoms with E-state index in [1.54, 1.807) is 0 Å². The zero-order chi connectivity index (χ0) is 13.7. The van der Waals surface area contributed by atoms with Crippen molar-refractivity contribution in [1.82, 2.24) is 19.4 Å². The van der Waals surface area contributed by atoms with Crippen LogP contribution < -0.4 is 15.4 Å². The maximum Gasteiger partial charge on any atom is 0.253 e. The van der Waals surface area contributed by atoms with Crippen molar-refractivity contribution in [3.8, 4) is 5.88 Å². The lowest BCUT2D eigenvalue weighted by molar-refractivity contribution is -0.119. The van der Waals surface area contributed by atoms with Crippen LogP contribution in [-0.4, -0.2) is 33.8 Å². The quantitative estimate of drug-likeness (QED) is 0.793. The Morgan fingerprint density at radius 1 is 1.63 bits per heavy atom. The molecule has 104 valence electrons. The highest BCUT2D eigenvalue weighted by atomic mass is 32.1. The number of amides is 1. The summed E-state index contributed by atoms with van der Waals surface area (Å²) in [7, 11) is 0. The summed E-state index contributed by atoms with van der Waals surface area (Å²) in [6.45, 7) is 4.50. The smallest absolute Gasteiger partial charge is 0.253 e. The highest BCUT2D eigenvalue weighted by molar-refractivity contribution is 6.99. The molecule has 1 atom stereocenters. The number of hydrogen-bond donors (Lipinski definition) is 2. The first-order valence-corrected chi connectivity index (χ1v) is 7.05. The van der Waals surface area contributed by atoms with Crippen LogP contribution in [0.25, 0.3) is 5.57 Å². The van der Waals surface area contributed by atoms with Gasteiger partial charge in [-0.3, -0.25) is 4.79 Å². The van der Waals surface area contributed by atoms with Gasteiger partial charge >= 0.3 is 0 Å². The molecule has 0 radical (unpaired) electrons. The Balaban J connectivity index is 1.92. The van der Waals surface area contributed by atoms with Crippen LogP contribution in [0.4, 0.5) is 0 Å². The first-order chi connectivity index (χ1) is 9.16. The minimum absolute atomic E-state index is 0.0617. The van der Waals surface area contributed by atoms with Crippen LogP contribution in [0.5, 0.6) is 5.88 Å². The Kier molecular flexibility index (Phi) is 4.73. The third-order valence-electron chi connectivity index (χ3n) is 2.87. The molecule has 0 aromatic carbocycles. The van der Waals surface area contributed by atoms with Crippen molar-refractivity contribution < 1.29 is 9.53 Å². The van der Waals surface area contributed by atoms with Gasteiger partial charge < -0.3 is 15.4 Å². The Labute approximate surface area is 116 Å². The first-order valence-electron chi connectivity index (χ1n) is 6.32. The van der Waals surface area contributed by atoms with Gasteiger partial charge in [-0.1, -0.05) is 0 Å². The van der Waals surface area contributed by atoms with Gasteiger partial charge in [0.05, 0.1) is 18.3 Å². The summed E-state index contributed by atoms with van der Waals surface area (Å²) < 4.78 is 14.0. The average molecular weight is 282 g/mol. The number of nitrogens with one attached hydrogen (secondary N) is 2. The van der Waals surface area contributed by atoms with Crippen molar-refractivity contribution in [2.24, 2.45) is 0 Å². The second-order valence-corrected chi connectivity index (χ2v) is 5.05. The van der Waals surface area contributed by atoms with Crippen molar-refractivity contribution in [3.05, 3.63) is 11.9 Å². The van der Waals surface area contributed by atoms with Gasteiger partial charge in [0.15, 0.2) is 0 Å². The maximum absolute atomic E-state index is 10.7.